The third-order valence-electron chi connectivity index (χ3n) is 6.14. The molecule has 1 aromatic heterocycles. The highest BCUT2D eigenvalue weighted by molar-refractivity contribution is 6.06. The molecule has 4 atom stereocenters. The number of hydrogen-bond donors (Lipinski definition) is 2. The third-order valence-corrected chi connectivity index (χ3v) is 6.14. The van der Waals surface area contributed by atoms with E-state index in [1.54, 1.807) is 13.2 Å². The van der Waals surface area contributed by atoms with E-state index in [4.69, 9.17) is 0 Å². The first-order valence-electron chi connectivity index (χ1n) is 10.1. The number of carbonyl (C=O) groups excluding carboxylic acids is 2. The molecule has 4 rings (SSSR count). The summed E-state index contributed by atoms with van der Waals surface area (Å²) in [6.07, 6.45) is 6.97. The second-order valence-electron chi connectivity index (χ2n) is 8.10. The fourth-order valence-electron chi connectivity index (χ4n) is 4.69. The van der Waals surface area contributed by atoms with Crippen molar-refractivity contribution in [1.29, 1.82) is 0 Å². The number of allylic oxidation sites excluding steroid dienone is 2. The molecule has 0 aromatic carbocycles. The molecule has 0 radical (unpaired) electrons. The van der Waals surface area contributed by atoms with Crippen molar-refractivity contribution in [1.82, 2.24) is 20.5 Å². The van der Waals surface area contributed by atoms with Gasteiger partial charge in [0.15, 0.2) is 5.96 Å². The number of hydrogen-bond acceptors (Lipinski definition) is 5. The third kappa shape index (κ3) is 3.59. The van der Waals surface area contributed by atoms with E-state index in [1.807, 2.05) is 31.1 Å². The number of aromatic nitrogens is 1. The van der Waals surface area contributed by atoms with Crippen molar-refractivity contribution in [3.05, 3.63) is 36.0 Å². The van der Waals surface area contributed by atoms with Crippen LogP contribution in [0.2, 0.25) is 0 Å². The number of rotatable bonds is 6. The Morgan fingerprint density at radius 1 is 1.21 bits per heavy atom. The number of pyridine rings is 1. The summed E-state index contributed by atoms with van der Waals surface area (Å²) in [4.78, 5) is 37.4. The van der Waals surface area contributed by atoms with Gasteiger partial charge in [0, 0.05) is 47.0 Å². The van der Waals surface area contributed by atoms with Gasteiger partial charge in [-0.25, -0.2) is 4.98 Å². The first kappa shape index (κ1) is 19.4. The van der Waals surface area contributed by atoms with Gasteiger partial charge >= 0.3 is 0 Å². The quantitative estimate of drug-likeness (QED) is 0.317. The monoisotopic (exact) mass is 396 g/mol. The SMILES string of the molecule is CN=C(NCCN1C(=O)C2C3C=CC(C3)C2C1=O)NCc1ccnc(N(C)C)c1. The predicted molar refractivity (Wildman–Crippen MR) is 111 cm³/mol. The lowest BCUT2D eigenvalue weighted by molar-refractivity contribution is -0.140. The Hall–Kier alpha value is -2.90. The molecule has 3 aliphatic rings. The van der Waals surface area contributed by atoms with E-state index in [-0.39, 0.29) is 35.5 Å². The number of imide groups is 1. The lowest BCUT2D eigenvalue weighted by Crippen LogP contribution is -2.43. The van der Waals surface area contributed by atoms with Crippen LogP contribution in [0.1, 0.15) is 12.0 Å². The zero-order valence-corrected chi connectivity index (χ0v) is 17.1. The summed E-state index contributed by atoms with van der Waals surface area (Å²) in [6.45, 7) is 1.44. The molecule has 4 unspecified atom stereocenters. The predicted octanol–water partition coefficient (Wildman–Crippen LogP) is 0.620. The van der Waals surface area contributed by atoms with Crippen molar-refractivity contribution >= 4 is 23.6 Å². The molecular weight excluding hydrogens is 368 g/mol. The maximum absolute atomic E-state index is 12.7. The van der Waals surface area contributed by atoms with Gasteiger partial charge in [0.05, 0.1) is 11.8 Å². The largest absolute Gasteiger partial charge is 0.363 e. The number of carbonyl (C=O) groups is 2. The summed E-state index contributed by atoms with van der Waals surface area (Å²) in [5, 5.41) is 6.46. The molecule has 8 heteroatoms. The van der Waals surface area contributed by atoms with Gasteiger partial charge in [-0.05, 0) is 36.0 Å². The maximum atomic E-state index is 12.7. The number of nitrogens with zero attached hydrogens (tertiary/aromatic N) is 4. The minimum atomic E-state index is -0.132. The number of likely N-dealkylation sites (tertiary alicyclic amines) is 1. The van der Waals surface area contributed by atoms with Crippen LogP contribution in [0.3, 0.4) is 0 Å². The molecule has 8 nitrogen and oxygen atoms in total. The van der Waals surface area contributed by atoms with Crippen molar-refractivity contribution in [3.8, 4) is 0 Å². The van der Waals surface area contributed by atoms with E-state index < -0.39 is 0 Å². The van der Waals surface area contributed by atoms with Gasteiger partial charge in [-0.2, -0.15) is 0 Å². The van der Waals surface area contributed by atoms with Crippen LogP contribution in [0.5, 0.6) is 0 Å². The van der Waals surface area contributed by atoms with Gasteiger partial charge in [-0.3, -0.25) is 19.5 Å². The molecule has 1 saturated carbocycles. The fraction of sp³-hybridized carbons (Fsp3) is 0.524. The summed E-state index contributed by atoms with van der Waals surface area (Å²) in [6, 6.07) is 3.97. The normalized spacial score (nSPS) is 27.6. The number of amides is 2. The summed E-state index contributed by atoms with van der Waals surface area (Å²) in [5.74, 6) is 1.76. The zero-order valence-electron chi connectivity index (χ0n) is 17.1. The Kier molecular flexibility index (Phi) is 5.25. The highest BCUT2D eigenvalue weighted by Gasteiger charge is 2.58. The van der Waals surface area contributed by atoms with E-state index >= 15 is 0 Å². The molecule has 2 bridgehead atoms. The lowest BCUT2D eigenvalue weighted by Gasteiger charge is -2.19. The van der Waals surface area contributed by atoms with E-state index in [0.717, 1.165) is 17.8 Å². The summed E-state index contributed by atoms with van der Waals surface area (Å²) in [7, 11) is 5.61. The number of aliphatic imine (C=N–C) groups is 1. The molecule has 2 heterocycles. The van der Waals surface area contributed by atoms with Crippen LogP contribution < -0.4 is 15.5 Å². The van der Waals surface area contributed by atoms with Crippen LogP contribution in [0, 0.1) is 23.7 Å². The molecular formula is C21H28N6O2. The molecule has 1 aliphatic heterocycles. The number of nitrogens with one attached hydrogen (secondary N) is 2. The van der Waals surface area contributed by atoms with Crippen molar-refractivity contribution in [2.45, 2.75) is 13.0 Å². The van der Waals surface area contributed by atoms with Gasteiger partial charge in [0.25, 0.3) is 0 Å². The Bertz CT molecular complexity index is 834. The van der Waals surface area contributed by atoms with Crippen molar-refractivity contribution < 1.29 is 9.59 Å². The van der Waals surface area contributed by atoms with E-state index in [1.165, 1.54) is 4.90 Å². The first-order chi connectivity index (χ1) is 14.0. The highest BCUT2D eigenvalue weighted by atomic mass is 16.2. The molecule has 2 aliphatic carbocycles. The lowest BCUT2D eigenvalue weighted by atomic mass is 9.85. The smallest absolute Gasteiger partial charge is 0.233 e. The first-order valence-corrected chi connectivity index (χ1v) is 10.1. The molecule has 2 fully saturated rings. The Morgan fingerprint density at radius 3 is 2.52 bits per heavy atom. The van der Waals surface area contributed by atoms with Gasteiger partial charge in [-0.15, -0.1) is 0 Å². The molecule has 29 heavy (non-hydrogen) atoms. The molecule has 1 aromatic rings. The van der Waals surface area contributed by atoms with Crippen LogP contribution in [0.4, 0.5) is 5.82 Å². The van der Waals surface area contributed by atoms with E-state index in [2.05, 4.69) is 32.8 Å². The minimum absolute atomic E-state index is 0.00500. The van der Waals surface area contributed by atoms with Gasteiger partial charge < -0.3 is 15.5 Å². The fourth-order valence-corrected chi connectivity index (χ4v) is 4.69. The van der Waals surface area contributed by atoms with Crippen molar-refractivity contribution in [2.75, 3.05) is 39.1 Å². The Balaban J connectivity index is 1.27. The molecule has 1 saturated heterocycles. The van der Waals surface area contributed by atoms with E-state index in [0.29, 0.717) is 25.6 Å². The molecule has 2 amide bonds. The van der Waals surface area contributed by atoms with Crippen LogP contribution in [-0.4, -0.2) is 61.9 Å². The van der Waals surface area contributed by atoms with Crippen LogP contribution in [0.15, 0.2) is 35.5 Å². The highest BCUT2D eigenvalue weighted by Crippen LogP contribution is 2.52. The topological polar surface area (TPSA) is 89.9 Å². The molecule has 2 N–H and O–H groups in total. The zero-order chi connectivity index (χ0) is 20.5. The summed E-state index contributed by atoms with van der Waals surface area (Å²) < 4.78 is 0. The summed E-state index contributed by atoms with van der Waals surface area (Å²) in [5.41, 5.74) is 1.09. The second-order valence-corrected chi connectivity index (χ2v) is 8.10. The number of anilines is 1. The van der Waals surface area contributed by atoms with Gasteiger partial charge in [-0.1, -0.05) is 12.2 Å². The van der Waals surface area contributed by atoms with Crippen LogP contribution in [-0.2, 0) is 16.1 Å². The molecule has 0 spiro atoms. The molecule has 154 valence electrons. The maximum Gasteiger partial charge on any atom is 0.233 e. The van der Waals surface area contributed by atoms with Crippen molar-refractivity contribution in [2.24, 2.45) is 28.7 Å². The van der Waals surface area contributed by atoms with Crippen molar-refractivity contribution in [3.63, 3.8) is 0 Å². The summed E-state index contributed by atoms with van der Waals surface area (Å²) >= 11 is 0. The van der Waals surface area contributed by atoms with Crippen LogP contribution >= 0.6 is 0 Å². The van der Waals surface area contributed by atoms with Gasteiger partial charge in [0.1, 0.15) is 5.82 Å². The Labute approximate surface area is 171 Å². The van der Waals surface area contributed by atoms with E-state index in [9.17, 15) is 9.59 Å². The van der Waals surface area contributed by atoms with Gasteiger partial charge in [0.2, 0.25) is 11.8 Å². The minimum Gasteiger partial charge on any atom is -0.363 e. The standard InChI is InChI=1S/C21H28N6O2/c1-22-21(25-12-13-6-7-23-16(10-13)26(2)3)24-8-9-27-19(28)17-14-4-5-15(11-14)18(17)20(27)29/h4-7,10,14-15,17-18H,8-9,11-12H2,1-3H3,(H2,22,24,25). The Morgan fingerprint density at radius 2 is 1.90 bits per heavy atom. The average molecular weight is 396 g/mol. The second kappa shape index (κ2) is 7.85. The van der Waals surface area contributed by atoms with Crippen LogP contribution in [0.25, 0.3) is 0 Å². The average Bonchev–Trinajstić information content (AvgIpc) is 3.40. The number of fused-ring (bicyclic) bond motifs is 5. The number of guanidine groups is 1.